The number of cyclic esters (lactones) is 1. The predicted molar refractivity (Wildman–Crippen MR) is 122 cm³/mol. The molecule has 8 nitrogen and oxygen atoms in total. The summed E-state index contributed by atoms with van der Waals surface area (Å²) in [5.74, 6) is -1.49. The van der Waals surface area contributed by atoms with E-state index in [9.17, 15) is 19.2 Å². The van der Waals surface area contributed by atoms with Crippen molar-refractivity contribution in [3.63, 3.8) is 0 Å². The molecular formula is C26H36O8. The second-order valence-electron chi connectivity index (χ2n) is 10.3. The van der Waals surface area contributed by atoms with Gasteiger partial charge in [0.2, 0.25) is 0 Å². The number of ether oxygens (including phenoxy) is 4. The SMILES string of the molecule is C=C1CCC2[C@@](C)(CC[C@@H](OC(C)=O)[C@@]2(C)COC(C)=O)C1C/C=C1/C(=O)OC[C@H]1OC(C)=O. The number of carbonyl (C=O) groups is 4. The van der Waals surface area contributed by atoms with Crippen LogP contribution in [0.1, 0.15) is 66.7 Å². The zero-order chi connectivity index (χ0) is 25.3. The number of carbonyl (C=O) groups excluding carboxylic acids is 4. The number of hydrogen-bond donors (Lipinski definition) is 0. The van der Waals surface area contributed by atoms with Gasteiger partial charge in [0.1, 0.15) is 19.3 Å². The number of rotatable bonds is 6. The molecule has 8 heteroatoms. The first-order valence-corrected chi connectivity index (χ1v) is 11.9. The Morgan fingerprint density at radius 3 is 2.38 bits per heavy atom. The molecule has 0 bridgehead atoms. The van der Waals surface area contributed by atoms with Gasteiger partial charge in [-0.2, -0.15) is 0 Å². The Kier molecular flexibility index (Phi) is 7.58. The van der Waals surface area contributed by atoms with Crippen molar-refractivity contribution >= 4 is 23.9 Å². The van der Waals surface area contributed by atoms with Gasteiger partial charge < -0.3 is 18.9 Å². The summed E-state index contributed by atoms with van der Waals surface area (Å²) in [7, 11) is 0. The Morgan fingerprint density at radius 1 is 1.09 bits per heavy atom. The van der Waals surface area contributed by atoms with E-state index in [1.54, 1.807) is 0 Å². The summed E-state index contributed by atoms with van der Waals surface area (Å²) in [5.41, 5.74) is 0.706. The van der Waals surface area contributed by atoms with E-state index in [0.717, 1.165) is 24.8 Å². The summed E-state index contributed by atoms with van der Waals surface area (Å²) >= 11 is 0. The lowest BCUT2D eigenvalue weighted by Gasteiger charge is -2.60. The molecule has 3 aliphatic rings. The Hall–Kier alpha value is -2.64. The van der Waals surface area contributed by atoms with Crippen molar-refractivity contribution in [3.05, 3.63) is 23.8 Å². The van der Waals surface area contributed by atoms with Crippen molar-refractivity contribution < 1.29 is 38.1 Å². The molecule has 0 aromatic carbocycles. The lowest BCUT2D eigenvalue weighted by molar-refractivity contribution is -0.191. The third-order valence-electron chi connectivity index (χ3n) is 8.04. The molecule has 3 fully saturated rings. The van der Waals surface area contributed by atoms with Gasteiger partial charge >= 0.3 is 23.9 Å². The van der Waals surface area contributed by atoms with Crippen LogP contribution in [0.25, 0.3) is 0 Å². The van der Waals surface area contributed by atoms with Crippen molar-refractivity contribution in [2.45, 2.75) is 78.9 Å². The van der Waals surface area contributed by atoms with Crippen LogP contribution in [-0.2, 0) is 38.1 Å². The fourth-order valence-electron chi connectivity index (χ4n) is 6.46. The molecule has 188 valence electrons. The van der Waals surface area contributed by atoms with E-state index in [0.29, 0.717) is 18.4 Å². The molecule has 1 saturated heterocycles. The molecule has 6 atom stereocenters. The Morgan fingerprint density at radius 2 is 1.76 bits per heavy atom. The van der Waals surface area contributed by atoms with E-state index < -0.39 is 23.5 Å². The maximum Gasteiger partial charge on any atom is 0.337 e. The summed E-state index contributed by atoms with van der Waals surface area (Å²) in [6, 6.07) is 0. The van der Waals surface area contributed by atoms with E-state index in [4.69, 9.17) is 18.9 Å². The van der Waals surface area contributed by atoms with E-state index in [1.807, 2.05) is 13.0 Å². The molecule has 1 heterocycles. The lowest BCUT2D eigenvalue weighted by atomic mass is 9.46. The summed E-state index contributed by atoms with van der Waals surface area (Å²) in [6.45, 7) is 12.9. The second kappa shape index (κ2) is 9.92. The quantitative estimate of drug-likeness (QED) is 0.247. The van der Waals surface area contributed by atoms with Crippen LogP contribution in [0.5, 0.6) is 0 Å². The van der Waals surface area contributed by atoms with Crippen molar-refractivity contribution in [2.24, 2.45) is 22.7 Å². The minimum Gasteiger partial charge on any atom is -0.465 e. The van der Waals surface area contributed by atoms with E-state index in [-0.39, 0.29) is 48.5 Å². The van der Waals surface area contributed by atoms with E-state index >= 15 is 0 Å². The van der Waals surface area contributed by atoms with Gasteiger partial charge in [-0.25, -0.2) is 4.79 Å². The first-order chi connectivity index (χ1) is 15.9. The fourth-order valence-corrected chi connectivity index (χ4v) is 6.46. The van der Waals surface area contributed by atoms with Gasteiger partial charge in [-0.05, 0) is 49.4 Å². The van der Waals surface area contributed by atoms with Crippen LogP contribution >= 0.6 is 0 Å². The zero-order valence-corrected chi connectivity index (χ0v) is 20.8. The molecule has 2 unspecified atom stereocenters. The molecule has 0 radical (unpaired) electrons. The van der Waals surface area contributed by atoms with Crippen LogP contribution in [-0.4, -0.2) is 49.3 Å². The van der Waals surface area contributed by atoms with Crippen molar-refractivity contribution in [2.75, 3.05) is 13.2 Å². The highest BCUT2D eigenvalue weighted by Gasteiger charge is 2.59. The van der Waals surface area contributed by atoms with Crippen LogP contribution in [0.15, 0.2) is 23.8 Å². The lowest BCUT2D eigenvalue weighted by Crippen LogP contribution is -2.58. The van der Waals surface area contributed by atoms with Gasteiger partial charge in [-0.15, -0.1) is 0 Å². The number of allylic oxidation sites excluding steroid dienone is 2. The van der Waals surface area contributed by atoms with Crippen molar-refractivity contribution in [1.82, 2.24) is 0 Å². The van der Waals surface area contributed by atoms with E-state index in [1.165, 1.54) is 20.8 Å². The highest BCUT2D eigenvalue weighted by Crippen LogP contribution is 2.62. The van der Waals surface area contributed by atoms with Gasteiger partial charge in [0.25, 0.3) is 0 Å². The highest BCUT2D eigenvalue weighted by atomic mass is 16.6. The van der Waals surface area contributed by atoms with E-state index in [2.05, 4.69) is 13.5 Å². The molecule has 0 N–H and O–H groups in total. The molecule has 34 heavy (non-hydrogen) atoms. The predicted octanol–water partition coefficient (Wildman–Crippen LogP) is 3.68. The largest absolute Gasteiger partial charge is 0.465 e. The number of fused-ring (bicyclic) bond motifs is 1. The molecule has 2 saturated carbocycles. The van der Waals surface area contributed by atoms with Crippen LogP contribution in [0.4, 0.5) is 0 Å². The van der Waals surface area contributed by atoms with Gasteiger partial charge in [0.15, 0.2) is 6.10 Å². The first kappa shape index (κ1) is 26.0. The summed E-state index contributed by atoms with van der Waals surface area (Å²) in [6.07, 6.45) is 4.40. The second-order valence-corrected chi connectivity index (χ2v) is 10.3. The average Bonchev–Trinajstić information content (AvgIpc) is 3.07. The minimum absolute atomic E-state index is 0.0280. The minimum atomic E-state index is -0.695. The van der Waals surface area contributed by atoms with Gasteiger partial charge in [-0.3, -0.25) is 14.4 Å². The Balaban J connectivity index is 1.91. The van der Waals surface area contributed by atoms with Gasteiger partial charge in [0.05, 0.1) is 5.57 Å². The molecule has 0 spiro atoms. The van der Waals surface area contributed by atoms with Crippen LogP contribution in [0.3, 0.4) is 0 Å². The Bertz CT molecular complexity index is 904. The molecule has 0 amide bonds. The molecule has 3 rings (SSSR count). The zero-order valence-electron chi connectivity index (χ0n) is 20.8. The third kappa shape index (κ3) is 5.05. The summed E-state index contributed by atoms with van der Waals surface area (Å²) in [4.78, 5) is 47.2. The average molecular weight is 477 g/mol. The van der Waals surface area contributed by atoms with Crippen molar-refractivity contribution in [1.29, 1.82) is 0 Å². The van der Waals surface area contributed by atoms with Gasteiger partial charge in [0, 0.05) is 26.2 Å². The molecule has 2 aliphatic carbocycles. The molecule has 1 aliphatic heterocycles. The standard InChI is InChI=1S/C26H36O8/c1-15-7-10-22-25(5,12-11-23(34-18(4)29)26(22,6)14-32-16(2)27)20(15)9-8-19-21(33-17(3)28)13-31-24(19)30/h8,20-23H,1,7,9-14H2,2-6H3/b19-8+/t20?,21-,22?,23-,25+,26+/m1/s1. The van der Waals surface area contributed by atoms with Crippen LogP contribution < -0.4 is 0 Å². The smallest absolute Gasteiger partial charge is 0.337 e. The van der Waals surface area contributed by atoms with Crippen LogP contribution in [0.2, 0.25) is 0 Å². The maximum atomic E-state index is 12.3. The number of hydrogen-bond acceptors (Lipinski definition) is 8. The summed E-state index contributed by atoms with van der Waals surface area (Å²) < 4.78 is 21.6. The summed E-state index contributed by atoms with van der Waals surface area (Å²) in [5, 5.41) is 0. The normalized spacial score (nSPS) is 36.4. The molecule has 0 aromatic heterocycles. The first-order valence-electron chi connectivity index (χ1n) is 11.9. The topological polar surface area (TPSA) is 105 Å². The highest BCUT2D eigenvalue weighted by molar-refractivity contribution is 5.92. The Labute approximate surface area is 201 Å². The van der Waals surface area contributed by atoms with Gasteiger partial charge in [-0.1, -0.05) is 32.1 Å². The van der Waals surface area contributed by atoms with Crippen molar-refractivity contribution in [3.8, 4) is 0 Å². The fraction of sp³-hybridized carbons (Fsp3) is 0.692. The molecular weight excluding hydrogens is 440 g/mol. The molecule has 0 aromatic rings. The maximum absolute atomic E-state index is 12.3. The van der Waals surface area contributed by atoms with Crippen LogP contribution in [0, 0.1) is 22.7 Å². The third-order valence-corrected chi connectivity index (χ3v) is 8.04. The number of esters is 4. The monoisotopic (exact) mass is 476 g/mol.